The highest BCUT2D eigenvalue weighted by Crippen LogP contribution is 2.45. The third-order valence-corrected chi connectivity index (χ3v) is 10.6. The third-order valence-electron chi connectivity index (χ3n) is 10.2. The molecule has 0 saturated carbocycles. The number of ether oxygens (including phenoxy) is 2. The van der Waals surface area contributed by atoms with Gasteiger partial charge < -0.3 is 25.0 Å². The summed E-state index contributed by atoms with van der Waals surface area (Å²) in [5, 5.41) is 23.0. The van der Waals surface area contributed by atoms with Crippen molar-refractivity contribution in [1.29, 1.82) is 0 Å². The second-order valence-electron chi connectivity index (χ2n) is 14.2. The smallest absolute Gasteiger partial charge is 0.437 e. The molecule has 0 spiro atoms. The molecule has 280 valence electrons. The van der Waals surface area contributed by atoms with Gasteiger partial charge in [0.15, 0.2) is 11.5 Å². The summed E-state index contributed by atoms with van der Waals surface area (Å²) in [7, 11) is 2.89. The number of carboxylic acid groups (broad SMARTS) is 1. The Balaban J connectivity index is 1.15. The number of alkyl halides is 3. The van der Waals surface area contributed by atoms with Crippen LogP contribution in [0.2, 0.25) is 5.02 Å². The number of methoxy groups -OCH3 is 2. The van der Waals surface area contributed by atoms with Gasteiger partial charge in [0.2, 0.25) is 11.8 Å². The average molecular weight is 753 g/mol. The molecule has 3 aliphatic rings. The fourth-order valence-corrected chi connectivity index (χ4v) is 8.08. The normalized spacial score (nSPS) is 19.8. The molecule has 11 nitrogen and oxygen atoms in total. The summed E-state index contributed by atoms with van der Waals surface area (Å²) in [5.41, 5.74) is 3.58. The molecule has 2 saturated heterocycles. The van der Waals surface area contributed by atoms with Gasteiger partial charge in [0.05, 0.1) is 42.5 Å². The molecule has 0 radical (unpaired) electrons. The number of rotatable bonds is 11. The highest BCUT2D eigenvalue weighted by Gasteiger charge is 2.41. The highest BCUT2D eigenvalue weighted by atomic mass is 35.5. The lowest BCUT2D eigenvalue weighted by atomic mass is 9.94. The van der Waals surface area contributed by atoms with Crippen molar-refractivity contribution in [1.82, 2.24) is 24.8 Å². The Bertz CT molecular complexity index is 2040. The maximum atomic E-state index is 14.4. The van der Waals surface area contributed by atoms with Gasteiger partial charge in [0.25, 0.3) is 0 Å². The van der Waals surface area contributed by atoms with E-state index in [1.165, 1.54) is 7.11 Å². The van der Waals surface area contributed by atoms with Crippen LogP contribution in [0.1, 0.15) is 53.9 Å². The highest BCUT2D eigenvalue weighted by molar-refractivity contribution is 6.36. The number of nitrogens with zero attached hydrogens (tertiary/aromatic N) is 5. The van der Waals surface area contributed by atoms with Gasteiger partial charge in [-0.2, -0.15) is 18.2 Å². The van der Waals surface area contributed by atoms with Crippen molar-refractivity contribution in [2.45, 2.75) is 57.1 Å². The Labute approximate surface area is 309 Å². The summed E-state index contributed by atoms with van der Waals surface area (Å²) in [6.45, 7) is 3.99. The molecular weight excluding hydrogens is 713 g/mol. The van der Waals surface area contributed by atoms with E-state index in [0.717, 1.165) is 27.8 Å². The summed E-state index contributed by atoms with van der Waals surface area (Å²) < 4.78 is 54.3. The number of aromatic nitrogens is 3. The first kappa shape index (κ1) is 36.8. The van der Waals surface area contributed by atoms with Crippen molar-refractivity contribution >= 4 is 23.4 Å². The predicted octanol–water partition coefficient (Wildman–Crippen LogP) is 6.47. The molecule has 7 rings (SSSR count). The topological polar surface area (TPSA) is 133 Å². The number of halogens is 4. The SMILES string of the molecule is COc1nc(-c2cccc(-c3cccc4c3CC[C@@H]4Nc3nc(OC)c(CN4CC(C)(O)C4)nc3C(F)(F)F)c2Cl)ccc1CN1CC[C@@H](C(=O)O)C1. The Morgan fingerprint density at radius 2 is 1.68 bits per heavy atom. The first-order chi connectivity index (χ1) is 25.2. The van der Waals surface area contributed by atoms with Gasteiger partial charge in [-0.3, -0.25) is 14.6 Å². The fraction of sp³-hybridized carbons (Fsp3) is 0.421. The van der Waals surface area contributed by atoms with Crippen LogP contribution in [-0.4, -0.2) is 86.9 Å². The summed E-state index contributed by atoms with van der Waals surface area (Å²) in [6, 6.07) is 14.7. The average Bonchev–Trinajstić information content (AvgIpc) is 3.75. The van der Waals surface area contributed by atoms with Crippen molar-refractivity contribution in [3.05, 3.63) is 81.6 Å². The maximum absolute atomic E-state index is 14.4. The van der Waals surface area contributed by atoms with E-state index >= 15 is 0 Å². The van der Waals surface area contributed by atoms with Crippen molar-refractivity contribution in [2.24, 2.45) is 5.92 Å². The molecule has 0 unspecified atom stereocenters. The van der Waals surface area contributed by atoms with E-state index in [0.29, 0.717) is 74.1 Å². The molecule has 3 N–H and O–H groups in total. The number of likely N-dealkylation sites (tertiary alicyclic amines) is 2. The number of β-amino-alcohol motifs (C(OH)–C–C–N with tert-alkyl or cyclic N) is 1. The minimum absolute atomic E-state index is 0.0104. The lowest BCUT2D eigenvalue weighted by Gasteiger charge is -2.44. The van der Waals surface area contributed by atoms with Gasteiger partial charge in [-0.05, 0) is 55.5 Å². The summed E-state index contributed by atoms with van der Waals surface area (Å²) in [5.74, 6) is -1.17. The van der Waals surface area contributed by atoms with E-state index in [2.05, 4.69) is 20.2 Å². The summed E-state index contributed by atoms with van der Waals surface area (Å²) >= 11 is 7.11. The second kappa shape index (κ2) is 14.4. The Hall–Kier alpha value is -4.50. The van der Waals surface area contributed by atoms with E-state index in [-0.39, 0.29) is 24.0 Å². The number of fused-ring (bicyclic) bond motifs is 1. The molecular formula is C38H40ClF3N6O5. The van der Waals surface area contributed by atoms with Gasteiger partial charge >= 0.3 is 12.1 Å². The second-order valence-corrected chi connectivity index (χ2v) is 14.6. The lowest BCUT2D eigenvalue weighted by Crippen LogP contribution is -2.59. The molecule has 4 heterocycles. The van der Waals surface area contributed by atoms with Crippen LogP contribution in [0.5, 0.6) is 11.8 Å². The zero-order valence-corrected chi connectivity index (χ0v) is 30.3. The molecule has 2 aromatic carbocycles. The predicted molar refractivity (Wildman–Crippen MR) is 192 cm³/mol. The number of aliphatic carboxylic acids is 1. The minimum atomic E-state index is -4.78. The molecule has 2 aliphatic heterocycles. The monoisotopic (exact) mass is 752 g/mol. The zero-order valence-electron chi connectivity index (χ0n) is 29.5. The third kappa shape index (κ3) is 7.50. The number of nitrogens with one attached hydrogen (secondary N) is 1. The number of carbonyl (C=O) groups is 1. The molecule has 1 aliphatic carbocycles. The van der Waals surface area contributed by atoms with Crippen LogP contribution in [-0.2, 0) is 30.5 Å². The number of aliphatic hydroxyl groups is 1. The lowest BCUT2D eigenvalue weighted by molar-refractivity contribution is -0.142. The van der Waals surface area contributed by atoms with E-state index in [1.807, 2.05) is 48.5 Å². The van der Waals surface area contributed by atoms with Crippen molar-refractivity contribution in [3.8, 4) is 34.1 Å². The van der Waals surface area contributed by atoms with Crippen LogP contribution in [0.4, 0.5) is 19.0 Å². The number of benzene rings is 2. The van der Waals surface area contributed by atoms with Crippen molar-refractivity contribution < 1.29 is 37.7 Å². The van der Waals surface area contributed by atoms with Gasteiger partial charge in [-0.1, -0.05) is 54.1 Å². The summed E-state index contributed by atoms with van der Waals surface area (Å²) in [6.07, 6.45) is -3.08. The van der Waals surface area contributed by atoms with Crippen LogP contribution in [0.15, 0.2) is 48.5 Å². The number of pyridine rings is 1. The van der Waals surface area contributed by atoms with Crippen LogP contribution in [0.3, 0.4) is 0 Å². The Morgan fingerprint density at radius 3 is 2.36 bits per heavy atom. The number of anilines is 1. The van der Waals surface area contributed by atoms with Gasteiger partial charge in [-0.25, -0.2) is 9.97 Å². The van der Waals surface area contributed by atoms with E-state index < -0.39 is 35.3 Å². The van der Waals surface area contributed by atoms with Gasteiger partial charge in [-0.15, -0.1) is 0 Å². The first-order valence-electron chi connectivity index (χ1n) is 17.4. The molecule has 0 amide bonds. The molecule has 0 bridgehead atoms. The van der Waals surface area contributed by atoms with E-state index in [1.54, 1.807) is 18.9 Å². The van der Waals surface area contributed by atoms with Crippen LogP contribution in [0.25, 0.3) is 22.4 Å². The largest absolute Gasteiger partial charge is 0.481 e. The summed E-state index contributed by atoms with van der Waals surface area (Å²) in [4.78, 5) is 28.3. The van der Waals surface area contributed by atoms with Gasteiger partial charge in [0, 0.05) is 49.4 Å². The number of carboxylic acids is 1. The number of hydrogen-bond acceptors (Lipinski definition) is 10. The maximum Gasteiger partial charge on any atom is 0.437 e. The van der Waals surface area contributed by atoms with Crippen molar-refractivity contribution in [3.63, 3.8) is 0 Å². The molecule has 2 atom stereocenters. The van der Waals surface area contributed by atoms with Crippen molar-refractivity contribution in [2.75, 3.05) is 45.7 Å². The molecule has 2 aromatic heterocycles. The Morgan fingerprint density at radius 1 is 0.962 bits per heavy atom. The quantitative estimate of drug-likeness (QED) is 0.156. The Kier molecular flexibility index (Phi) is 10.00. The number of hydrogen-bond donors (Lipinski definition) is 3. The zero-order chi connectivity index (χ0) is 37.7. The first-order valence-corrected chi connectivity index (χ1v) is 17.8. The van der Waals surface area contributed by atoms with Crippen LogP contribution < -0.4 is 14.8 Å². The van der Waals surface area contributed by atoms with E-state index in [4.69, 9.17) is 26.1 Å². The van der Waals surface area contributed by atoms with Gasteiger partial charge in [0.1, 0.15) is 5.69 Å². The van der Waals surface area contributed by atoms with Crippen LogP contribution >= 0.6 is 11.6 Å². The van der Waals surface area contributed by atoms with Crippen LogP contribution in [0, 0.1) is 5.92 Å². The fourth-order valence-electron chi connectivity index (χ4n) is 7.75. The molecule has 53 heavy (non-hydrogen) atoms. The minimum Gasteiger partial charge on any atom is -0.481 e. The molecule has 2 fully saturated rings. The molecule has 15 heteroatoms. The standard InChI is InChI=1S/C38H40ClF3N6O5/c1-37(51)19-48(20-37)18-30-35(53-3)46-33(32(43-30)38(40,41)42)44-28-13-11-24-23(6-4-7-25(24)28)26-8-5-9-27(31(26)39)29-12-10-21(34(45-29)52-2)16-47-15-14-22(17-47)36(49)50/h4-10,12,22,28,51H,11,13-20H2,1-3H3,(H,44,46)(H,49,50)/t22-,28+/m1/s1. The van der Waals surface area contributed by atoms with E-state index in [9.17, 15) is 28.2 Å². The molecule has 4 aromatic rings.